The highest BCUT2D eigenvalue weighted by atomic mass is 32.2. The zero-order valence-corrected chi connectivity index (χ0v) is 19.4. The third-order valence-corrected chi connectivity index (χ3v) is 7.01. The van der Waals surface area contributed by atoms with Crippen LogP contribution in [-0.2, 0) is 27.7 Å². The van der Waals surface area contributed by atoms with Gasteiger partial charge in [-0.05, 0) is 48.2 Å². The van der Waals surface area contributed by atoms with Crippen molar-refractivity contribution in [2.24, 2.45) is 0 Å². The summed E-state index contributed by atoms with van der Waals surface area (Å²) in [5.74, 6) is 0.0868. The first-order valence-electron chi connectivity index (χ1n) is 10.5. The molecule has 3 aromatic rings. The van der Waals surface area contributed by atoms with Crippen LogP contribution in [0.5, 0.6) is 5.75 Å². The average Bonchev–Trinajstić information content (AvgIpc) is 2.83. The minimum atomic E-state index is -3.98. The van der Waals surface area contributed by atoms with Gasteiger partial charge in [-0.1, -0.05) is 56.3 Å². The lowest BCUT2D eigenvalue weighted by Crippen LogP contribution is -2.38. The van der Waals surface area contributed by atoms with Crippen LogP contribution in [0.3, 0.4) is 0 Å². The topological polar surface area (TPSA) is 75.7 Å². The van der Waals surface area contributed by atoms with Crippen molar-refractivity contribution >= 4 is 27.3 Å². The number of hydrogen-bond donors (Lipinski definition) is 1. The number of anilines is 2. The van der Waals surface area contributed by atoms with Gasteiger partial charge in [-0.25, -0.2) is 8.42 Å². The lowest BCUT2D eigenvalue weighted by Gasteiger charge is -2.25. The zero-order chi connectivity index (χ0) is 23.1. The van der Waals surface area contributed by atoms with Crippen molar-refractivity contribution in [3.05, 3.63) is 83.9 Å². The molecule has 32 heavy (non-hydrogen) atoms. The fraction of sp³-hybridized carbons (Fsp3) is 0.240. The summed E-state index contributed by atoms with van der Waals surface area (Å²) in [5, 5.41) is 2.96. The molecule has 168 valence electrons. The number of ether oxygens (including phenoxy) is 1. The number of benzene rings is 3. The summed E-state index contributed by atoms with van der Waals surface area (Å²) in [7, 11) is -2.47. The van der Waals surface area contributed by atoms with Gasteiger partial charge < -0.3 is 10.1 Å². The summed E-state index contributed by atoms with van der Waals surface area (Å²) < 4.78 is 33.3. The molecule has 0 fully saturated rings. The molecule has 0 bridgehead atoms. The van der Waals surface area contributed by atoms with Gasteiger partial charge in [0.25, 0.3) is 10.0 Å². The highest BCUT2D eigenvalue weighted by Gasteiger charge is 2.28. The van der Waals surface area contributed by atoms with Crippen molar-refractivity contribution in [1.82, 2.24) is 0 Å². The Kier molecular flexibility index (Phi) is 7.53. The number of para-hydroxylation sites is 1. The van der Waals surface area contributed by atoms with Crippen LogP contribution in [0.2, 0.25) is 0 Å². The smallest absolute Gasteiger partial charge is 0.264 e. The molecule has 0 aromatic heterocycles. The second kappa shape index (κ2) is 10.3. The molecule has 0 spiro atoms. The van der Waals surface area contributed by atoms with E-state index in [1.54, 1.807) is 42.5 Å². The average molecular weight is 453 g/mol. The summed E-state index contributed by atoms with van der Waals surface area (Å²) in [5.41, 5.74) is 3.13. The molecule has 0 unspecified atom stereocenters. The number of rotatable bonds is 9. The van der Waals surface area contributed by atoms with E-state index in [9.17, 15) is 13.2 Å². The van der Waals surface area contributed by atoms with Crippen LogP contribution in [0.1, 0.15) is 25.0 Å². The first kappa shape index (κ1) is 23.3. The Balaban J connectivity index is 1.99. The Morgan fingerprint density at radius 1 is 0.906 bits per heavy atom. The van der Waals surface area contributed by atoms with E-state index >= 15 is 0 Å². The van der Waals surface area contributed by atoms with E-state index < -0.39 is 15.9 Å². The third kappa shape index (κ3) is 5.11. The van der Waals surface area contributed by atoms with Crippen LogP contribution in [0.4, 0.5) is 11.4 Å². The number of carbonyl (C=O) groups excluding carboxylic acids is 1. The van der Waals surface area contributed by atoms with Crippen molar-refractivity contribution in [3.8, 4) is 5.75 Å². The standard InChI is InChI=1S/C25H28N2O4S/c1-4-19-11-9-12-20(5-2)25(19)26-24(28)18-27(21-13-10-14-22(17-21)31-3)32(29,30)23-15-7-6-8-16-23/h6-17H,4-5,18H2,1-3H3,(H,26,28). The first-order chi connectivity index (χ1) is 15.4. The molecular weight excluding hydrogens is 424 g/mol. The van der Waals surface area contributed by atoms with Gasteiger partial charge in [0.1, 0.15) is 12.3 Å². The van der Waals surface area contributed by atoms with E-state index in [4.69, 9.17) is 4.74 Å². The second-order valence-electron chi connectivity index (χ2n) is 7.23. The largest absolute Gasteiger partial charge is 0.497 e. The highest BCUT2D eigenvalue weighted by molar-refractivity contribution is 7.92. The van der Waals surface area contributed by atoms with Crippen LogP contribution in [-0.4, -0.2) is 28.0 Å². The third-order valence-electron chi connectivity index (χ3n) is 5.22. The van der Waals surface area contributed by atoms with Crippen molar-refractivity contribution < 1.29 is 17.9 Å². The number of aryl methyl sites for hydroxylation is 2. The molecule has 3 aromatic carbocycles. The molecule has 0 saturated heterocycles. The highest BCUT2D eigenvalue weighted by Crippen LogP contribution is 2.28. The molecule has 0 aliphatic rings. The van der Waals surface area contributed by atoms with E-state index in [0.717, 1.165) is 34.0 Å². The van der Waals surface area contributed by atoms with Crippen molar-refractivity contribution in [2.75, 3.05) is 23.3 Å². The first-order valence-corrected chi connectivity index (χ1v) is 12.0. The Labute approximate surface area is 189 Å². The summed E-state index contributed by atoms with van der Waals surface area (Å²) in [6, 6.07) is 20.7. The van der Waals surface area contributed by atoms with E-state index in [1.165, 1.54) is 19.2 Å². The monoisotopic (exact) mass is 452 g/mol. The molecule has 0 radical (unpaired) electrons. The van der Waals surface area contributed by atoms with Gasteiger partial charge in [0.2, 0.25) is 5.91 Å². The van der Waals surface area contributed by atoms with Crippen LogP contribution in [0, 0.1) is 0 Å². The Morgan fingerprint density at radius 2 is 1.53 bits per heavy atom. The van der Waals surface area contributed by atoms with Crippen LogP contribution in [0.25, 0.3) is 0 Å². The van der Waals surface area contributed by atoms with E-state index in [1.807, 2.05) is 32.0 Å². The van der Waals surface area contributed by atoms with E-state index in [2.05, 4.69) is 5.32 Å². The van der Waals surface area contributed by atoms with Gasteiger partial charge in [-0.3, -0.25) is 9.10 Å². The zero-order valence-electron chi connectivity index (χ0n) is 18.5. The number of methoxy groups -OCH3 is 1. The number of sulfonamides is 1. The van der Waals surface area contributed by atoms with Crippen LogP contribution < -0.4 is 14.4 Å². The number of nitrogens with one attached hydrogen (secondary N) is 1. The Morgan fingerprint density at radius 3 is 2.12 bits per heavy atom. The Bertz CT molecular complexity index is 1160. The fourth-order valence-electron chi connectivity index (χ4n) is 3.51. The van der Waals surface area contributed by atoms with Crippen molar-refractivity contribution in [1.29, 1.82) is 0 Å². The van der Waals surface area contributed by atoms with Gasteiger partial charge in [-0.2, -0.15) is 0 Å². The number of carbonyl (C=O) groups is 1. The molecule has 0 heterocycles. The minimum absolute atomic E-state index is 0.110. The van der Waals surface area contributed by atoms with Crippen LogP contribution >= 0.6 is 0 Å². The van der Waals surface area contributed by atoms with Crippen LogP contribution in [0.15, 0.2) is 77.7 Å². The number of hydrogen-bond acceptors (Lipinski definition) is 4. The molecular formula is C25H28N2O4S. The summed E-state index contributed by atoms with van der Waals surface area (Å²) >= 11 is 0. The van der Waals surface area contributed by atoms with Crippen molar-refractivity contribution in [3.63, 3.8) is 0 Å². The maximum atomic E-state index is 13.5. The normalized spacial score (nSPS) is 11.1. The predicted molar refractivity (Wildman–Crippen MR) is 128 cm³/mol. The molecule has 0 saturated carbocycles. The quantitative estimate of drug-likeness (QED) is 0.513. The van der Waals surface area contributed by atoms with Crippen molar-refractivity contribution in [2.45, 2.75) is 31.6 Å². The van der Waals surface area contributed by atoms with E-state index in [-0.39, 0.29) is 11.4 Å². The molecule has 6 nitrogen and oxygen atoms in total. The van der Waals surface area contributed by atoms with Gasteiger partial charge in [0, 0.05) is 11.8 Å². The minimum Gasteiger partial charge on any atom is -0.497 e. The fourth-order valence-corrected chi connectivity index (χ4v) is 4.95. The predicted octanol–water partition coefficient (Wildman–Crippen LogP) is 4.65. The van der Waals surface area contributed by atoms with Gasteiger partial charge in [0.05, 0.1) is 17.7 Å². The summed E-state index contributed by atoms with van der Waals surface area (Å²) in [6.45, 7) is 3.67. The maximum absolute atomic E-state index is 13.5. The van der Waals surface area contributed by atoms with Gasteiger partial charge >= 0.3 is 0 Å². The lowest BCUT2D eigenvalue weighted by molar-refractivity contribution is -0.114. The summed E-state index contributed by atoms with van der Waals surface area (Å²) in [4.78, 5) is 13.2. The summed E-state index contributed by atoms with van der Waals surface area (Å²) in [6.07, 6.45) is 1.51. The van der Waals surface area contributed by atoms with E-state index in [0.29, 0.717) is 11.4 Å². The molecule has 0 aliphatic carbocycles. The molecule has 3 rings (SSSR count). The number of nitrogens with zero attached hydrogens (tertiary/aromatic N) is 1. The second-order valence-corrected chi connectivity index (χ2v) is 9.10. The molecule has 7 heteroatoms. The van der Waals surface area contributed by atoms with Gasteiger partial charge in [-0.15, -0.1) is 0 Å². The maximum Gasteiger partial charge on any atom is 0.264 e. The van der Waals surface area contributed by atoms with Gasteiger partial charge in [0.15, 0.2) is 0 Å². The lowest BCUT2D eigenvalue weighted by atomic mass is 10.0. The number of amides is 1. The SMILES string of the molecule is CCc1cccc(CC)c1NC(=O)CN(c1cccc(OC)c1)S(=O)(=O)c1ccccc1. The Hall–Kier alpha value is -3.32. The molecule has 0 atom stereocenters. The molecule has 1 N–H and O–H groups in total. The molecule has 0 aliphatic heterocycles. The molecule has 1 amide bonds.